The Morgan fingerprint density at radius 2 is 1.35 bits per heavy atom. The fourth-order valence-corrected chi connectivity index (χ4v) is 4.08. The average molecular weight is 431 g/mol. The summed E-state index contributed by atoms with van der Waals surface area (Å²) in [4.78, 5) is 10.5. The summed E-state index contributed by atoms with van der Waals surface area (Å²) in [5.41, 5.74) is 3.84. The van der Waals surface area contributed by atoms with Crippen molar-refractivity contribution in [2.45, 2.75) is 0 Å². The minimum absolute atomic E-state index is 0.669. The molecule has 1 aromatic heterocycles. The van der Waals surface area contributed by atoms with Gasteiger partial charge in [0, 0.05) is 17.3 Å². The normalized spacial score (nSPS) is 10.9. The van der Waals surface area contributed by atoms with Crippen LogP contribution in [0.25, 0.3) is 21.7 Å². The number of methoxy groups -OCH3 is 3. The maximum Gasteiger partial charge on any atom is 0.210 e. The molecule has 0 aliphatic heterocycles. The second-order valence-electron chi connectivity index (χ2n) is 6.63. The van der Waals surface area contributed by atoms with E-state index < -0.39 is 0 Å². The Morgan fingerprint density at radius 1 is 0.742 bits per heavy atom. The lowest BCUT2D eigenvalue weighted by Gasteiger charge is -2.05. The zero-order valence-corrected chi connectivity index (χ0v) is 18.3. The van der Waals surface area contributed by atoms with Gasteiger partial charge in [-0.1, -0.05) is 23.5 Å². The van der Waals surface area contributed by atoms with Gasteiger partial charge in [0.25, 0.3) is 0 Å². The van der Waals surface area contributed by atoms with Crippen molar-refractivity contribution in [3.05, 3.63) is 78.4 Å². The molecule has 4 rings (SSSR count). The summed E-state index contributed by atoms with van der Waals surface area (Å²) in [7, 11) is 4.97. The van der Waals surface area contributed by atoms with Gasteiger partial charge in [-0.25, -0.2) is 9.98 Å². The Kier molecular flexibility index (Phi) is 6.29. The molecule has 0 saturated carbocycles. The number of ether oxygens (including phenoxy) is 3. The van der Waals surface area contributed by atoms with Crippen molar-refractivity contribution in [2.75, 3.05) is 21.3 Å². The first kappa shape index (κ1) is 20.6. The van der Waals surface area contributed by atoms with Crippen LogP contribution < -0.4 is 14.2 Å². The summed E-state index contributed by atoms with van der Waals surface area (Å²) in [5.74, 6) is 2.39. The smallest absolute Gasteiger partial charge is 0.210 e. The second kappa shape index (κ2) is 9.45. The summed E-state index contributed by atoms with van der Waals surface area (Å²) >= 11 is 1.54. The SMILES string of the molecule is COc1ccc(-c2nc(N=Cc3ccccc3OC)sc2-c2ccc(OC)cc2)cc1. The lowest BCUT2D eigenvalue weighted by molar-refractivity contribution is 0.414. The molecule has 156 valence electrons. The molecule has 0 amide bonds. The van der Waals surface area contributed by atoms with Crippen molar-refractivity contribution >= 4 is 22.7 Å². The highest BCUT2D eigenvalue weighted by atomic mass is 32.1. The van der Waals surface area contributed by atoms with Gasteiger partial charge in [0.05, 0.1) is 31.9 Å². The van der Waals surface area contributed by atoms with Gasteiger partial charge >= 0.3 is 0 Å². The fourth-order valence-electron chi connectivity index (χ4n) is 3.14. The van der Waals surface area contributed by atoms with Gasteiger partial charge in [-0.05, 0) is 66.2 Å². The molecule has 0 N–H and O–H groups in total. The Bertz CT molecular complexity index is 1120. The van der Waals surface area contributed by atoms with E-state index in [1.54, 1.807) is 38.9 Å². The van der Waals surface area contributed by atoms with E-state index in [0.29, 0.717) is 5.13 Å². The monoisotopic (exact) mass is 430 g/mol. The standard InChI is InChI=1S/C25H22N2O3S/c1-28-20-12-8-17(9-13-20)23-24(18-10-14-21(29-2)15-11-18)31-25(27-23)26-16-19-6-4-5-7-22(19)30-3/h4-16H,1-3H3. The van der Waals surface area contributed by atoms with Gasteiger partial charge < -0.3 is 14.2 Å². The first-order valence-electron chi connectivity index (χ1n) is 9.68. The van der Waals surface area contributed by atoms with Gasteiger partial charge in [0.15, 0.2) is 0 Å². The number of rotatable bonds is 7. The maximum atomic E-state index is 5.41. The first-order chi connectivity index (χ1) is 15.2. The predicted molar refractivity (Wildman–Crippen MR) is 126 cm³/mol. The molecule has 0 radical (unpaired) electrons. The van der Waals surface area contributed by atoms with Crippen LogP contribution in [0.4, 0.5) is 5.13 Å². The quantitative estimate of drug-likeness (QED) is 0.325. The van der Waals surface area contributed by atoms with Crippen LogP contribution in [0.2, 0.25) is 0 Å². The number of nitrogens with zero attached hydrogens (tertiary/aromatic N) is 2. The van der Waals surface area contributed by atoms with Gasteiger partial charge in [-0.2, -0.15) is 0 Å². The highest BCUT2D eigenvalue weighted by Gasteiger charge is 2.15. The molecule has 5 nitrogen and oxygen atoms in total. The van der Waals surface area contributed by atoms with E-state index in [1.807, 2.05) is 72.8 Å². The lowest BCUT2D eigenvalue weighted by atomic mass is 10.1. The van der Waals surface area contributed by atoms with Crippen LogP contribution in [0.5, 0.6) is 17.2 Å². The van der Waals surface area contributed by atoms with Crippen LogP contribution in [0.3, 0.4) is 0 Å². The lowest BCUT2D eigenvalue weighted by Crippen LogP contribution is -1.89. The molecule has 0 bridgehead atoms. The molecule has 0 saturated heterocycles. The molecule has 0 spiro atoms. The molecule has 31 heavy (non-hydrogen) atoms. The summed E-state index contributed by atoms with van der Waals surface area (Å²) in [6, 6.07) is 23.6. The Balaban J connectivity index is 1.76. The number of hydrogen-bond donors (Lipinski definition) is 0. The Labute approximate surface area is 185 Å². The number of para-hydroxylation sites is 1. The number of thiazole rings is 1. The van der Waals surface area contributed by atoms with Crippen LogP contribution in [0, 0.1) is 0 Å². The zero-order valence-electron chi connectivity index (χ0n) is 17.5. The third-order valence-electron chi connectivity index (χ3n) is 4.78. The molecule has 3 aromatic carbocycles. The molecular formula is C25H22N2O3S. The van der Waals surface area contributed by atoms with E-state index in [1.165, 1.54) is 0 Å². The third kappa shape index (κ3) is 4.59. The molecule has 4 aromatic rings. The molecule has 0 atom stereocenters. The van der Waals surface area contributed by atoms with Crippen molar-refractivity contribution in [3.8, 4) is 38.9 Å². The third-order valence-corrected chi connectivity index (χ3v) is 5.80. The van der Waals surface area contributed by atoms with Gasteiger partial charge in [-0.3, -0.25) is 0 Å². The van der Waals surface area contributed by atoms with Crippen LogP contribution in [-0.2, 0) is 0 Å². The summed E-state index contributed by atoms with van der Waals surface area (Å²) in [6.45, 7) is 0. The van der Waals surface area contributed by atoms with Crippen molar-refractivity contribution in [1.29, 1.82) is 0 Å². The Hall–Kier alpha value is -3.64. The molecule has 6 heteroatoms. The number of aliphatic imine (C=N–C) groups is 1. The fraction of sp³-hybridized carbons (Fsp3) is 0.120. The van der Waals surface area contributed by atoms with Gasteiger partial charge in [0.2, 0.25) is 5.13 Å². The van der Waals surface area contributed by atoms with Crippen LogP contribution in [0.1, 0.15) is 5.56 Å². The van der Waals surface area contributed by atoms with Crippen molar-refractivity contribution in [2.24, 2.45) is 4.99 Å². The zero-order chi connectivity index (χ0) is 21.6. The van der Waals surface area contributed by atoms with E-state index in [9.17, 15) is 0 Å². The molecule has 0 aliphatic rings. The highest BCUT2D eigenvalue weighted by Crippen LogP contribution is 2.41. The minimum atomic E-state index is 0.669. The van der Waals surface area contributed by atoms with Crippen LogP contribution >= 0.6 is 11.3 Å². The van der Waals surface area contributed by atoms with E-state index >= 15 is 0 Å². The Morgan fingerprint density at radius 3 is 1.97 bits per heavy atom. The van der Waals surface area contributed by atoms with Crippen molar-refractivity contribution in [1.82, 2.24) is 4.98 Å². The topological polar surface area (TPSA) is 52.9 Å². The van der Waals surface area contributed by atoms with E-state index in [2.05, 4.69) is 4.99 Å². The van der Waals surface area contributed by atoms with E-state index in [0.717, 1.165) is 44.5 Å². The molecule has 1 heterocycles. The van der Waals surface area contributed by atoms with Gasteiger partial charge in [0.1, 0.15) is 17.2 Å². The number of aromatic nitrogens is 1. The second-order valence-corrected chi connectivity index (χ2v) is 7.61. The summed E-state index contributed by atoms with van der Waals surface area (Å²) < 4.78 is 16.0. The van der Waals surface area contributed by atoms with Crippen molar-refractivity contribution in [3.63, 3.8) is 0 Å². The van der Waals surface area contributed by atoms with Crippen LogP contribution in [0.15, 0.2) is 77.8 Å². The summed E-state index contributed by atoms with van der Waals surface area (Å²) in [5, 5.41) is 0.669. The predicted octanol–water partition coefficient (Wildman–Crippen LogP) is 6.25. The molecule has 0 unspecified atom stereocenters. The highest BCUT2D eigenvalue weighted by molar-refractivity contribution is 7.19. The maximum absolute atomic E-state index is 5.41. The van der Waals surface area contributed by atoms with Gasteiger partial charge in [-0.15, -0.1) is 0 Å². The molecule has 0 aliphatic carbocycles. The largest absolute Gasteiger partial charge is 0.497 e. The average Bonchev–Trinajstić information content (AvgIpc) is 3.27. The van der Waals surface area contributed by atoms with E-state index in [4.69, 9.17) is 19.2 Å². The number of hydrogen-bond acceptors (Lipinski definition) is 6. The van der Waals surface area contributed by atoms with Crippen molar-refractivity contribution < 1.29 is 14.2 Å². The summed E-state index contributed by atoms with van der Waals surface area (Å²) in [6.07, 6.45) is 1.78. The van der Waals surface area contributed by atoms with Crippen LogP contribution in [-0.4, -0.2) is 32.5 Å². The van der Waals surface area contributed by atoms with E-state index in [-0.39, 0.29) is 0 Å². The first-order valence-corrected chi connectivity index (χ1v) is 10.5. The molecule has 0 fully saturated rings. The number of benzene rings is 3. The molecular weight excluding hydrogens is 408 g/mol. The minimum Gasteiger partial charge on any atom is -0.497 e.